The molecule has 158 valence electrons. The SMILES string of the molecule is NC(=O)COc1cccc2c1CCCN2C(=O)c1ccc(=O)n(-c2ccc(F)cc2)n1. The zero-order valence-electron chi connectivity index (χ0n) is 16.5. The first-order valence-electron chi connectivity index (χ1n) is 9.65. The van der Waals surface area contributed by atoms with Gasteiger partial charge in [-0.05, 0) is 55.3 Å². The fourth-order valence-electron chi connectivity index (χ4n) is 3.52. The van der Waals surface area contributed by atoms with Gasteiger partial charge >= 0.3 is 0 Å². The van der Waals surface area contributed by atoms with Crippen LogP contribution in [0.3, 0.4) is 0 Å². The highest BCUT2D eigenvalue weighted by molar-refractivity contribution is 6.05. The summed E-state index contributed by atoms with van der Waals surface area (Å²) in [5.41, 5.74) is 6.60. The molecule has 0 radical (unpaired) electrons. The Morgan fingerprint density at radius 2 is 1.87 bits per heavy atom. The maximum Gasteiger partial charge on any atom is 0.278 e. The van der Waals surface area contributed by atoms with E-state index >= 15 is 0 Å². The lowest BCUT2D eigenvalue weighted by molar-refractivity contribution is -0.119. The van der Waals surface area contributed by atoms with E-state index in [4.69, 9.17) is 10.5 Å². The molecule has 2 aromatic carbocycles. The molecule has 8 nitrogen and oxygen atoms in total. The van der Waals surface area contributed by atoms with Gasteiger partial charge in [0.1, 0.15) is 17.3 Å². The van der Waals surface area contributed by atoms with Gasteiger partial charge in [0, 0.05) is 18.2 Å². The highest BCUT2D eigenvalue weighted by Gasteiger charge is 2.27. The van der Waals surface area contributed by atoms with Gasteiger partial charge in [-0.25, -0.2) is 4.39 Å². The Hall–Kier alpha value is -4.01. The molecule has 1 aliphatic heterocycles. The molecule has 0 atom stereocenters. The summed E-state index contributed by atoms with van der Waals surface area (Å²) in [7, 11) is 0. The molecule has 2 amide bonds. The lowest BCUT2D eigenvalue weighted by atomic mass is 10.00. The second-order valence-electron chi connectivity index (χ2n) is 7.01. The second kappa shape index (κ2) is 8.39. The number of ether oxygens (including phenoxy) is 1. The van der Waals surface area contributed by atoms with Crippen molar-refractivity contribution in [1.82, 2.24) is 9.78 Å². The Morgan fingerprint density at radius 1 is 1.10 bits per heavy atom. The van der Waals surface area contributed by atoms with Crippen LogP contribution >= 0.6 is 0 Å². The number of hydrogen-bond acceptors (Lipinski definition) is 5. The van der Waals surface area contributed by atoms with Gasteiger partial charge in [0.25, 0.3) is 17.4 Å². The Kier molecular flexibility index (Phi) is 5.48. The third kappa shape index (κ3) is 4.16. The van der Waals surface area contributed by atoms with E-state index in [1.54, 1.807) is 23.1 Å². The topological polar surface area (TPSA) is 108 Å². The number of amides is 2. The number of rotatable bonds is 5. The van der Waals surface area contributed by atoms with Crippen LogP contribution in [0.2, 0.25) is 0 Å². The fraction of sp³-hybridized carbons (Fsp3) is 0.182. The van der Waals surface area contributed by atoms with E-state index in [0.717, 1.165) is 10.2 Å². The van der Waals surface area contributed by atoms with Crippen LogP contribution in [-0.2, 0) is 11.2 Å². The molecule has 2 N–H and O–H groups in total. The Labute approximate surface area is 176 Å². The van der Waals surface area contributed by atoms with Gasteiger partial charge in [-0.2, -0.15) is 9.78 Å². The van der Waals surface area contributed by atoms with Crippen LogP contribution < -0.4 is 20.9 Å². The molecule has 0 saturated carbocycles. The predicted molar refractivity (Wildman–Crippen MR) is 111 cm³/mol. The molecule has 0 bridgehead atoms. The van der Waals surface area contributed by atoms with E-state index in [1.165, 1.54) is 36.4 Å². The summed E-state index contributed by atoms with van der Waals surface area (Å²) in [6.45, 7) is 0.205. The molecule has 0 spiro atoms. The molecule has 9 heteroatoms. The number of aromatic nitrogens is 2. The predicted octanol–water partition coefficient (Wildman–Crippen LogP) is 1.83. The molecule has 31 heavy (non-hydrogen) atoms. The summed E-state index contributed by atoms with van der Waals surface area (Å²) in [5.74, 6) is -0.918. The monoisotopic (exact) mass is 422 g/mol. The standard InChI is InChI=1S/C22H19FN4O4/c23-14-6-8-15(9-7-14)27-21(29)11-10-17(25-27)22(30)26-12-2-3-16-18(26)4-1-5-19(16)31-13-20(24)28/h1,4-11H,2-3,12-13H2,(H2,24,28). The highest BCUT2D eigenvalue weighted by atomic mass is 19.1. The fourth-order valence-corrected chi connectivity index (χ4v) is 3.52. The molecule has 0 aliphatic carbocycles. The first-order chi connectivity index (χ1) is 14.9. The third-order valence-electron chi connectivity index (χ3n) is 4.91. The third-order valence-corrected chi connectivity index (χ3v) is 4.91. The van der Waals surface area contributed by atoms with Gasteiger partial charge in [0.05, 0.1) is 11.4 Å². The van der Waals surface area contributed by atoms with E-state index in [0.29, 0.717) is 36.5 Å². The number of carbonyl (C=O) groups excluding carboxylic acids is 2. The van der Waals surface area contributed by atoms with E-state index < -0.39 is 17.3 Å². The Balaban J connectivity index is 1.68. The minimum absolute atomic E-state index is 0.0697. The average Bonchev–Trinajstić information content (AvgIpc) is 2.77. The van der Waals surface area contributed by atoms with Crippen molar-refractivity contribution >= 4 is 17.5 Å². The molecule has 0 saturated heterocycles. The van der Waals surface area contributed by atoms with Crippen molar-refractivity contribution in [3.05, 3.63) is 82.0 Å². The maximum atomic E-state index is 13.3. The summed E-state index contributed by atoms with van der Waals surface area (Å²) in [6, 6.07) is 13.1. The van der Waals surface area contributed by atoms with E-state index in [-0.39, 0.29) is 18.2 Å². The number of carbonyl (C=O) groups is 2. The van der Waals surface area contributed by atoms with Crippen molar-refractivity contribution in [2.75, 3.05) is 18.1 Å². The summed E-state index contributed by atoms with van der Waals surface area (Å²) < 4.78 is 19.8. The molecule has 1 aliphatic rings. The largest absolute Gasteiger partial charge is 0.483 e. The number of anilines is 1. The number of nitrogens with zero attached hydrogens (tertiary/aromatic N) is 3. The number of benzene rings is 2. The van der Waals surface area contributed by atoms with Crippen LogP contribution in [-0.4, -0.2) is 34.7 Å². The first-order valence-corrected chi connectivity index (χ1v) is 9.65. The van der Waals surface area contributed by atoms with E-state index in [2.05, 4.69) is 5.10 Å². The lowest BCUT2D eigenvalue weighted by Crippen LogP contribution is -2.37. The molecule has 4 rings (SSSR count). The molecular formula is C22H19FN4O4. The summed E-state index contributed by atoms with van der Waals surface area (Å²) in [4.78, 5) is 38.2. The lowest BCUT2D eigenvalue weighted by Gasteiger charge is -2.30. The number of halogens is 1. The smallest absolute Gasteiger partial charge is 0.278 e. The van der Waals surface area contributed by atoms with Crippen molar-refractivity contribution in [3.8, 4) is 11.4 Å². The number of primary amides is 1. The van der Waals surface area contributed by atoms with Crippen LogP contribution in [0.15, 0.2) is 59.4 Å². The molecular weight excluding hydrogens is 403 g/mol. The summed E-state index contributed by atoms with van der Waals surface area (Å²) in [5, 5.41) is 4.20. The zero-order valence-corrected chi connectivity index (χ0v) is 16.5. The van der Waals surface area contributed by atoms with Crippen LogP contribution in [0.5, 0.6) is 5.75 Å². The zero-order chi connectivity index (χ0) is 22.0. The average molecular weight is 422 g/mol. The minimum Gasteiger partial charge on any atom is -0.483 e. The van der Waals surface area contributed by atoms with Crippen molar-refractivity contribution in [3.63, 3.8) is 0 Å². The number of nitrogens with two attached hydrogens (primary N) is 1. The van der Waals surface area contributed by atoms with Gasteiger partial charge < -0.3 is 15.4 Å². The Morgan fingerprint density at radius 3 is 2.61 bits per heavy atom. The van der Waals surface area contributed by atoms with Gasteiger partial charge in [0.2, 0.25) is 0 Å². The summed E-state index contributed by atoms with van der Waals surface area (Å²) >= 11 is 0. The molecule has 0 unspecified atom stereocenters. The van der Waals surface area contributed by atoms with Crippen LogP contribution in [0.25, 0.3) is 5.69 Å². The first kappa shape index (κ1) is 20.3. The maximum absolute atomic E-state index is 13.3. The molecule has 3 aromatic rings. The van der Waals surface area contributed by atoms with Crippen LogP contribution in [0, 0.1) is 5.82 Å². The molecule has 0 fully saturated rings. The quantitative estimate of drug-likeness (QED) is 0.675. The van der Waals surface area contributed by atoms with Crippen molar-refractivity contribution in [2.24, 2.45) is 5.73 Å². The number of hydrogen-bond donors (Lipinski definition) is 1. The van der Waals surface area contributed by atoms with E-state index in [1.807, 2.05) is 0 Å². The van der Waals surface area contributed by atoms with Crippen molar-refractivity contribution in [1.29, 1.82) is 0 Å². The summed E-state index contributed by atoms with van der Waals surface area (Å²) in [6.07, 6.45) is 1.36. The van der Waals surface area contributed by atoms with Gasteiger partial charge in [-0.15, -0.1) is 0 Å². The molecule has 1 aromatic heterocycles. The second-order valence-corrected chi connectivity index (χ2v) is 7.01. The van der Waals surface area contributed by atoms with Crippen molar-refractivity contribution < 1.29 is 18.7 Å². The minimum atomic E-state index is -0.589. The van der Waals surface area contributed by atoms with Crippen LogP contribution in [0.4, 0.5) is 10.1 Å². The molecule has 2 heterocycles. The van der Waals surface area contributed by atoms with Crippen molar-refractivity contribution in [2.45, 2.75) is 12.8 Å². The van der Waals surface area contributed by atoms with Gasteiger partial charge in [0.15, 0.2) is 6.61 Å². The highest BCUT2D eigenvalue weighted by Crippen LogP contribution is 2.34. The van der Waals surface area contributed by atoms with Crippen LogP contribution in [0.1, 0.15) is 22.5 Å². The van der Waals surface area contributed by atoms with Gasteiger partial charge in [-0.3, -0.25) is 14.4 Å². The normalized spacial score (nSPS) is 12.9. The van der Waals surface area contributed by atoms with Gasteiger partial charge in [-0.1, -0.05) is 6.07 Å². The van der Waals surface area contributed by atoms with E-state index in [9.17, 15) is 18.8 Å². The Bertz CT molecular complexity index is 1210. The number of fused-ring (bicyclic) bond motifs is 1.